The highest BCUT2D eigenvalue weighted by atomic mass is 32.1. The maximum Gasteiger partial charge on any atom is 0.243 e. The molecular formula is C12H12N4S. The number of aromatic nitrogens is 3. The van der Waals surface area contributed by atoms with Crippen molar-refractivity contribution in [3.63, 3.8) is 0 Å². The van der Waals surface area contributed by atoms with Crippen molar-refractivity contribution < 1.29 is 0 Å². The molecule has 0 saturated carbocycles. The second-order valence-electron chi connectivity index (χ2n) is 3.69. The van der Waals surface area contributed by atoms with Crippen LogP contribution in [0.4, 0.5) is 5.95 Å². The van der Waals surface area contributed by atoms with Gasteiger partial charge in [0.25, 0.3) is 0 Å². The topological polar surface area (TPSA) is 42.2 Å². The smallest absolute Gasteiger partial charge is 0.243 e. The molecule has 0 aromatic carbocycles. The van der Waals surface area contributed by atoms with E-state index in [2.05, 4.69) is 32.9 Å². The number of fused-ring (bicyclic) bond motifs is 1. The number of thiophene rings is 1. The molecule has 3 aromatic rings. The molecule has 0 aliphatic carbocycles. The van der Waals surface area contributed by atoms with Gasteiger partial charge in [-0.3, -0.25) is 0 Å². The van der Waals surface area contributed by atoms with Gasteiger partial charge in [-0.25, -0.2) is 4.52 Å². The Balaban J connectivity index is 1.65. The second-order valence-corrected chi connectivity index (χ2v) is 4.73. The predicted octanol–water partition coefficient (Wildman–Crippen LogP) is 2.45. The summed E-state index contributed by atoms with van der Waals surface area (Å²) >= 11 is 1.78. The first-order chi connectivity index (χ1) is 8.42. The van der Waals surface area contributed by atoms with Gasteiger partial charge in [-0.05, 0) is 30.0 Å². The monoisotopic (exact) mass is 244 g/mol. The van der Waals surface area contributed by atoms with E-state index in [0.717, 1.165) is 18.6 Å². The fourth-order valence-electron chi connectivity index (χ4n) is 1.66. The number of nitrogens with zero attached hydrogens (tertiary/aromatic N) is 3. The molecule has 0 radical (unpaired) electrons. The molecule has 3 aromatic heterocycles. The quantitative estimate of drug-likeness (QED) is 0.766. The zero-order valence-electron chi connectivity index (χ0n) is 9.21. The number of hydrogen-bond donors (Lipinski definition) is 1. The second kappa shape index (κ2) is 4.55. The molecule has 17 heavy (non-hydrogen) atoms. The van der Waals surface area contributed by atoms with Crippen LogP contribution in [0.15, 0.2) is 41.9 Å². The predicted molar refractivity (Wildman–Crippen MR) is 69.5 cm³/mol. The number of nitrogens with one attached hydrogen (secondary N) is 1. The van der Waals surface area contributed by atoms with Gasteiger partial charge in [-0.1, -0.05) is 12.1 Å². The lowest BCUT2D eigenvalue weighted by Gasteiger charge is -1.98. The van der Waals surface area contributed by atoms with Crippen LogP contribution in [0.3, 0.4) is 0 Å². The molecule has 0 fully saturated rings. The van der Waals surface area contributed by atoms with Crippen molar-refractivity contribution in [2.45, 2.75) is 6.42 Å². The Morgan fingerprint density at radius 2 is 2.24 bits per heavy atom. The van der Waals surface area contributed by atoms with Crippen LogP contribution in [0.2, 0.25) is 0 Å². The zero-order valence-corrected chi connectivity index (χ0v) is 10.0. The first-order valence-corrected chi connectivity index (χ1v) is 6.37. The van der Waals surface area contributed by atoms with Crippen molar-refractivity contribution in [1.82, 2.24) is 14.6 Å². The minimum Gasteiger partial charge on any atom is -0.353 e. The van der Waals surface area contributed by atoms with Crippen molar-refractivity contribution in [2.75, 3.05) is 11.9 Å². The summed E-state index contributed by atoms with van der Waals surface area (Å²) in [5, 5.41) is 9.66. The van der Waals surface area contributed by atoms with E-state index < -0.39 is 0 Å². The lowest BCUT2D eigenvalue weighted by atomic mass is 10.3. The number of pyridine rings is 1. The van der Waals surface area contributed by atoms with Crippen LogP contribution in [0.25, 0.3) is 5.65 Å². The first kappa shape index (κ1) is 10.3. The third-order valence-corrected chi connectivity index (χ3v) is 3.41. The van der Waals surface area contributed by atoms with E-state index in [1.807, 2.05) is 24.4 Å². The van der Waals surface area contributed by atoms with Crippen LogP contribution in [0.1, 0.15) is 4.88 Å². The third-order valence-electron chi connectivity index (χ3n) is 2.48. The van der Waals surface area contributed by atoms with E-state index in [9.17, 15) is 0 Å². The van der Waals surface area contributed by atoms with Crippen LogP contribution in [0.5, 0.6) is 0 Å². The molecule has 0 atom stereocenters. The summed E-state index contributed by atoms with van der Waals surface area (Å²) in [5.41, 5.74) is 0.867. The Labute approximate surface area is 103 Å². The van der Waals surface area contributed by atoms with E-state index in [1.165, 1.54) is 4.88 Å². The molecule has 0 bridgehead atoms. The summed E-state index contributed by atoms with van der Waals surface area (Å²) in [4.78, 5) is 5.75. The maximum atomic E-state index is 4.38. The summed E-state index contributed by atoms with van der Waals surface area (Å²) in [7, 11) is 0. The fraction of sp³-hybridized carbons (Fsp3) is 0.167. The molecule has 0 spiro atoms. The summed E-state index contributed by atoms with van der Waals surface area (Å²) < 4.78 is 1.77. The lowest BCUT2D eigenvalue weighted by molar-refractivity contribution is 0.941. The van der Waals surface area contributed by atoms with Gasteiger partial charge in [-0.2, -0.15) is 4.98 Å². The van der Waals surface area contributed by atoms with Crippen LogP contribution < -0.4 is 5.32 Å². The van der Waals surface area contributed by atoms with Crippen molar-refractivity contribution in [3.05, 3.63) is 46.8 Å². The van der Waals surface area contributed by atoms with Gasteiger partial charge in [0.1, 0.15) is 0 Å². The van der Waals surface area contributed by atoms with Gasteiger partial charge in [0.15, 0.2) is 5.65 Å². The van der Waals surface area contributed by atoms with E-state index in [4.69, 9.17) is 0 Å². The van der Waals surface area contributed by atoms with Gasteiger partial charge in [-0.15, -0.1) is 16.4 Å². The molecule has 86 valence electrons. The fourth-order valence-corrected chi connectivity index (χ4v) is 2.37. The minimum atomic E-state index is 0.688. The van der Waals surface area contributed by atoms with Crippen LogP contribution >= 0.6 is 11.3 Å². The van der Waals surface area contributed by atoms with Gasteiger partial charge in [0, 0.05) is 17.6 Å². The standard InChI is InChI=1S/C12H12N4S/c1-2-8-16-11(5-1)14-12(15-16)13-7-6-10-4-3-9-17-10/h1-5,8-9H,6-7H2,(H,13,15). The number of rotatable bonds is 4. The summed E-state index contributed by atoms with van der Waals surface area (Å²) in [6, 6.07) is 10.1. The van der Waals surface area contributed by atoms with Crippen molar-refractivity contribution in [1.29, 1.82) is 0 Å². The van der Waals surface area contributed by atoms with E-state index >= 15 is 0 Å². The molecule has 0 unspecified atom stereocenters. The number of anilines is 1. The summed E-state index contributed by atoms with van der Waals surface area (Å²) in [6.07, 6.45) is 2.90. The molecule has 0 saturated heterocycles. The summed E-state index contributed by atoms with van der Waals surface area (Å²) in [5.74, 6) is 0.688. The minimum absolute atomic E-state index is 0.688. The maximum absolute atomic E-state index is 4.38. The Bertz CT molecular complexity index is 567. The Hall–Kier alpha value is -1.88. The highest BCUT2D eigenvalue weighted by Crippen LogP contribution is 2.09. The third kappa shape index (κ3) is 2.29. The highest BCUT2D eigenvalue weighted by Gasteiger charge is 2.01. The molecule has 3 heterocycles. The normalized spacial score (nSPS) is 10.8. The van der Waals surface area contributed by atoms with Gasteiger partial charge in [0.2, 0.25) is 5.95 Å². The molecule has 0 aliphatic heterocycles. The average Bonchev–Trinajstić information content (AvgIpc) is 2.96. The van der Waals surface area contributed by atoms with E-state index in [-0.39, 0.29) is 0 Å². The lowest BCUT2D eigenvalue weighted by Crippen LogP contribution is -2.05. The first-order valence-electron chi connectivity index (χ1n) is 5.49. The number of hydrogen-bond acceptors (Lipinski definition) is 4. The van der Waals surface area contributed by atoms with Gasteiger partial charge >= 0.3 is 0 Å². The molecule has 0 aliphatic rings. The Morgan fingerprint density at radius 1 is 1.24 bits per heavy atom. The van der Waals surface area contributed by atoms with Crippen molar-refractivity contribution in [2.24, 2.45) is 0 Å². The van der Waals surface area contributed by atoms with Crippen LogP contribution in [0, 0.1) is 0 Å². The highest BCUT2D eigenvalue weighted by molar-refractivity contribution is 7.09. The van der Waals surface area contributed by atoms with Crippen LogP contribution in [-0.4, -0.2) is 21.1 Å². The van der Waals surface area contributed by atoms with Crippen LogP contribution in [-0.2, 0) is 6.42 Å². The molecule has 3 rings (SSSR count). The largest absolute Gasteiger partial charge is 0.353 e. The average molecular weight is 244 g/mol. The van der Waals surface area contributed by atoms with Crippen molar-refractivity contribution >= 4 is 22.9 Å². The van der Waals surface area contributed by atoms with Gasteiger partial charge < -0.3 is 5.32 Å². The molecule has 0 amide bonds. The molecule has 4 nitrogen and oxygen atoms in total. The van der Waals surface area contributed by atoms with Gasteiger partial charge in [0.05, 0.1) is 0 Å². The molecule has 1 N–H and O–H groups in total. The van der Waals surface area contributed by atoms with E-state index in [0.29, 0.717) is 5.95 Å². The summed E-state index contributed by atoms with van der Waals surface area (Å²) in [6.45, 7) is 0.859. The van der Waals surface area contributed by atoms with Crippen molar-refractivity contribution in [3.8, 4) is 0 Å². The Morgan fingerprint density at radius 3 is 3.06 bits per heavy atom. The molecular weight excluding hydrogens is 232 g/mol. The zero-order chi connectivity index (χ0) is 11.5. The Kier molecular flexibility index (Phi) is 2.75. The molecule has 5 heteroatoms. The SMILES string of the molecule is c1csc(CCNc2nc3ccccn3n2)c1. The van der Waals surface area contributed by atoms with E-state index in [1.54, 1.807) is 15.9 Å².